The molecule has 0 heterocycles. The lowest BCUT2D eigenvalue weighted by molar-refractivity contribution is 0.0471. The normalized spacial score (nSPS) is 10.5. The third kappa shape index (κ3) is 7.21. The van der Waals surface area contributed by atoms with Gasteiger partial charge in [0.05, 0.1) is 26.9 Å². The van der Waals surface area contributed by atoms with Gasteiger partial charge >= 0.3 is 5.97 Å². The number of nitrogens with zero attached hydrogens (tertiary/aromatic N) is 1. The summed E-state index contributed by atoms with van der Waals surface area (Å²) < 4.78 is 27.4. The molecule has 0 aliphatic rings. The Morgan fingerprint density at radius 3 is 2.06 bits per heavy atom. The Morgan fingerprint density at radius 1 is 0.938 bits per heavy atom. The van der Waals surface area contributed by atoms with Gasteiger partial charge in [-0.1, -0.05) is 26.0 Å². The van der Waals surface area contributed by atoms with Crippen LogP contribution in [0.4, 0.5) is 0 Å². The zero-order valence-corrected chi connectivity index (χ0v) is 20.7. The van der Waals surface area contributed by atoms with E-state index in [1.54, 1.807) is 12.1 Å². The highest BCUT2D eigenvalue weighted by Gasteiger charge is 2.18. The van der Waals surface area contributed by atoms with Crippen molar-refractivity contribution < 1.29 is 28.5 Å². The molecule has 2 aromatic rings. The molecule has 0 amide bonds. The predicted octanol–water partition coefficient (Wildman–Crippen LogP) is 4.56. The van der Waals surface area contributed by atoms with Gasteiger partial charge in [-0.25, -0.2) is 4.79 Å². The van der Waals surface area contributed by atoms with Crippen LogP contribution in [-0.4, -0.2) is 59.4 Å². The molecule has 0 bridgehead atoms. The molecule has 0 aliphatic carbocycles. The highest BCUT2D eigenvalue weighted by atomic mass is 35.5. The highest BCUT2D eigenvalue weighted by Crippen LogP contribution is 2.38. The first-order valence-electron chi connectivity index (χ1n) is 10.2. The van der Waals surface area contributed by atoms with E-state index in [0.29, 0.717) is 35.3 Å². The van der Waals surface area contributed by atoms with Gasteiger partial charge in [-0.05, 0) is 49.3 Å². The van der Waals surface area contributed by atoms with Crippen LogP contribution in [-0.2, 0) is 11.3 Å². The van der Waals surface area contributed by atoms with Crippen LogP contribution in [0, 0.1) is 0 Å². The van der Waals surface area contributed by atoms with Crippen LogP contribution in [0.2, 0.25) is 0 Å². The zero-order chi connectivity index (χ0) is 23.0. The monoisotopic (exact) mass is 467 g/mol. The van der Waals surface area contributed by atoms with Gasteiger partial charge in [0.2, 0.25) is 5.75 Å². The van der Waals surface area contributed by atoms with E-state index in [4.69, 9.17) is 23.7 Å². The van der Waals surface area contributed by atoms with Crippen LogP contribution in [0.1, 0.15) is 41.3 Å². The summed E-state index contributed by atoms with van der Waals surface area (Å²) in [5.74, 6) is 1.87. The minimum Gasteiger partial charge on any atom is -0.493 e. The third-order valence-electron chi connectivity index (χ3n) is 4.77. The quantitative estimate of drug-likeness (QED) is 0.449. The van der Waals surface area contributed by atoms with Crippen molar-refractivity contribution >= 4 is 18.4 Å². The maximum Gasteiger partial charge on any atom is 0.338 e. The van der Waals surface area contributed by atoms with E-state index >= 15 is 0 Å². The van der Waals surface area contributed by atoms with Crippen LogP contribution in [0.25, 0.3) is 0 Å². The average molecular weight is 468 g/mol. The van der Waals surface area contributed by atoms with E-state index in [9.17, 15) is 4.79 Å². The predicted molar refractivity (Wildman–Crippen MR) is 127 cm³/mol. The first kappa shape index (κ1) is 27.4. The summed E-state index contributed by atoms with van der Waals surface area (Å²) in [4.78, 5) is 14.7. The molecule has 0 N–H and O–H groups in total. The number of benzene rings is 2. The van der Waals surface area contributed by atoms with E-state index in [2.05, 4.69) is 18.7 Å². The van der Waals surface area contributed by atoms with E-state index in [1.165, 1.54) is 21.3 Å². The lowest BCUT2D eigenvalue weighted by Crippen LogP contribution is -2.20. The van der Waals surface area contributed by atoms with Crippen molar-refractivity contribution in [3.05, 3.63) is 47.0 Å². The molecule has 0 spiro atoms. The fourth-order valence-electron chi connectivity index (χ4n) is 3.04. The summed E-state index contributed by atoms with van der Waals surface area (Å²) in [6, 6.07) is 9.06. The lowest BCUT2D eigenvalue weighted by Gasteiger charge is -2.17. The summed E-state index contributed by atoms with van der Waals surface area (Å²) in [6.45, 7) is 5.77. The second-order valence-corrected chi connectivity index (χ2v) is 7.67. The number of hydrogen-bond acceptors (Lipinski definition) is 7. The SMILES string of the molecule is COc1cc(C(=O)OCc2ccc(C(C)C)c(OCCN(C)C)c2)cc(OC)c1OC.Cl. The van der Waals surface area contributed by atoms with Crippen molar-refractivity contribution in [3.63, 3.8) is 0 Å². The van der Waals surface area contributed by atoms with Gasteiger partial charge in [-0.3, -0.25) is 0 Å². The van der Waals surface area contributed by atoms with Crippen molar-refractivity contribution in [3.8, 4) is 23.0 Å². The molecule has 32 heavy (non-hydrogen) atoms. The molecule has 7 nitrogen and oxygen atoms in total. The topological polar surface area (TPSA) is 66.5 Å². The van der Waals surface area contributed by atoms with Crippen molar-refractivity contribution in [2.24, 2.45) is 0 Å². The molecule has 0 aliphatic heterocycles. The molecule has 0 saturated carbocycles. The zero-order valence-electron chi connectivity index (χ0n) is 19.9. The number of carbonyl (C=O) groups is 1. The number of methoxy groups -OCH3 is 3. The largest absolute Gasteiger partial charge is 0.493 e. The van der Waals surface area contributed by atoms with E-state index in [1.807, 2.05) is 32.3 Å². The molecule has 2 aromatic carbocycles. The van der Waals surface area contributed by atoms with Gasteiger partial charge in [0.1, 0.15) is 19.0 Å². The van der Waals surface area contributed by atoms with Gasteiger partial charge in [0, 0.05) is 6.54 Å². The molecule has 0 atom stereocenters. The summed E-state index contributed by atoms with van der Waals surface area (Å²) in [5.41, 5.74) is 2.29. The van der Waals surface area contributed by atoms with Crippen LogP contribution < -0.4 is 18.9 Å². The Bertz CT molecular complexity index is 860. The van der Waals surface area contributed by atoms with E-state index in [-0.39, 0.29) is 19.0 Å². The first-order chi connectivity index (χ1) is 14.8. The Balaban J connectivity index is 0.00000512. The average Bonchev–Trinajstić information content (AvgIpc) is 2.75. The lowest BCUT2D eigenvalue weighted by atomic mass is 10.0. The standard InChI is InChI=1S/C24H33NO6.ClH/c1-16(2)19-9-8-17(12-20(19)30-11-10-25(3)4)15-31-24(26)18-13-21(27-5)23(29-7)22(14-18)28-6;/h8-9,12-14,16H,10-11,15H2,1-7H3;1H. The molecule has 0 aromatic heterocycles. The van der Waals surface area contributed by atoms with Crippen molar-refractivity contribution in [2.75, 3.05) is 48.6 Å². The number of hydrogen-bond donors (Lipinski definition) is 0. The van der Waals surface area contributed by atoms with Gasteiger partial charge < -0.3 is 28.6 Å². The Kier molecular flexibility index (Phi) is 11.2. The molecular weight excluding hydrogens is 434 g/mol. The second kappa shape index (κ2) is 13.0. The number of halogens is 1. The van der Waals surface area contributed by atoms with Crippen molar-refractivity contribution in [2.45, 2.75) is 26.4 Å². The van der Waals surface area contributed by atoms with Crippen LogP contribution >= 0.6 is 12.4 Å². The first-order valence-corrected chi connectivity index (χ1v) is 10.2. The molecule has 0 fully saturated rings. The molecule has 178 valence electrons. The number of likely N-dealkylation sites (N-methyl/N-ethyl adjacent to an activating group) is 1. The molecule has 0 unspecified atom stereocenters. The molecule has 0 radical (unpaired) electrons. The fourth-order valence-corrected chi connectivity index (χ4v) is 3.04. The summed E-state index contributed by atoms with van der Waals surface area (Å²) in [6.07, 6.45) is 0. The van der Waals surface area contributed by atoms with E-state index < -0.39 is 5.97 Å². The minimum absolute atomic E-state index is 0. The number of esters is 1. The third-order valence-corrected chi connectivity index (χ3v) is 4.77. The summed E-state index contributed by atoms with van der Waals surface area (Å²) >= 11 is 0. The Morgan fingerprint density at radius 2 is 1.56 bits per heavy atom. The van der Waals surface area contributed by atoms with Gasteiger partial charge in [-0.2, -0.15) is 0 Å². The van der Waals surface area contributed by atoms with Gasteiger partial charge in [0.15, 0.2) is 11.5 Å². The number of carbonyl (C=O) groups excluding carboxylic acids is 1. The van der Waals surface area contributed by atoms with Gasteiger partial charge in [0.25, 0.3) is 0 Å². The Labute approximate surface area is 197 Å². The maximum atomic E-state index is 12.7. The molecular formula is C24H34ClNO6. The molecule has 8 heteroatoms. The van der Waals surface area contributed by atoms with Crippen LogP contribution in [0.15, 0.2) is 30.3 Å². The second-order valence-electron chi connectivity index (χ2n) is 7.67. The van der Waals surface area contributed by atoms with Crippen LogP contribution in [0.5, 0.6) is 23.0 Å². The number of rotatable bonds is 11. The van der Waals surface area contributed by atoms with E-state index in [0.717, 1.165) is 23.4 Å². The molecule has 0 saturated heterocycles. The summed E-state index contributed by atoms with van der Waals surface area (Å²) in [7, 11) is 8.52. The smallest absolute Gasteiger partial charge is 0.338 e. The van der Waals surface area contributed by atoms with Crippen molar-refractivity contribution in [1.82, 2.24) is 4.90 Å². The molecule has 2 rings (SSSR count). The number of ether oxygens (including phenoxy) is 5. The fraction of sp³-hybridized carbons (Fsp3) is 0.458. The highest BCUT2D eigenvalue weighted by molar-refractivity contribution is 5.91. The minimum atomic E-state index is -0.484. The maximum absolute atomic E-state index is 12.7. The summed E-state index contributed by atoms with van der Waals surface area (Å²) in [5, 5.41) is 0. The Hall–Kier alpha value is -2.64. The van der Waals surface area contributed by atoms with Crippen molar-refractivity contribution in [1.29, 1.82) is 0 Å². The van der Waals surface area contributed by atoms with Gasteiger partial charge in [-0.15, -0.1) is 12.4 Å². The van der Waals surface area contributed by atoms with Crippen LogP contribution in [0.3, 0.4) is 0 Å².